The largest absolute Gasteiger partial charge is 0.465 e. The lowest BCUT2D eigenvalue weighted by atomic mass is 9.98. The average Bonchev–Trinajstić information content (AvgIpc) is 2.90. The molecule has 1 aromatic heterocycles. The fraction of sp³-hybridized carbons (Fsp3) is 0.643. The molecule has 23 heavy (non-hydrogen) atoms. The third-order valence-corrected chi connectivity index (χ3v) is 7.25. The molecule has 1 N–H and O–H groups in total. The number of rotatable bonds is 5. The van der Waals surface area contributed by atoms with Crippen molar-refractivity contribution in [1.29, 1.82) is 0 Å². The lowest BCUT2D eigenvalue weighted by Crippen LogP contribution is -2.40. The zero-order chi connectivity index (χ0) is 16.3. The van der Waals surface area contributed by atoms with Gasteiger partial charge in [-0.3, -0.25) is 0 Å². The Labute approximate surface area is 147 Å². The monoisotopic (exact) mass is 382 g/mol. The minimum absolute atomic E-state index is 0. The van der Waals surface area contributed by atoms with Crippen molar-refractivity contribution in [2.75, 3.05) is 33.8 Å². The van der Waals surface area contributed by atoms with E-state index in [4.69, 9.17) is 4.74 Å². The van der Waals surface area contributed by atoms with Gasteiger partial charge in [-0.25, -0.2) is 13.2 Å². The molecule has 6 nitrogen and oxygen atoms in total. The van der Waals surface area contributed by atoms with E-state index in [9.17, 15) is 13.2 Å². The van der Waals surface area contributed by atoms with Gasteiger partial charge in [0.1, 0.15) is 9.77 Å². The number of esters is 1. The van der Waals surface area contributed by atoms with Gasteiger partial charge in [0.05, 0.1) is 7.11 Å². The van der Waals surface area contributed by atoms with E-state index in [2.05, 4.69) is 5.32 Å². The summed E-state index contributed by atoms with van der Waals surface area (Å²) in [6, 6.07) is 0. The molecule has 1 aliphatic rings. The molecule has 1 fully saturated rings. The minimum atomic E-state index is -3.65. The van der Waals surface area contributed by atoms with Crippen LogP contribution >= 0.6 is 23.7 Å². The Morgan fingerprint density at radius 1 is 1.43 bits per heavy atom. The van der Waals surface area contributed by atoms with Crippen LogP contribution in [0.1, 0.15) is 28.1 Å². The third kappa shape index (κ3) is 4.24. The van der Waals surface area contributed by atoms with E-state index in [-0.39, 0.29) is 22.2 Å². The zero-order valence-corrected chi connectivity index (χ0v) is 15.9. The highest BCUT2D eigenvalue weighted by atomic mass is 35.5. The zero-order valence-electron chi connectivity index (χ0n) is 13.5. The van der Waals surface area contributed by atoms with E-state index in [0.29, 0.717) is 24.6 Å². The molecule has 1 aromatic rings. The van der Waals surface area contributed by atoms with Crippen molar-refractivity contribution < 1.29 is 17.9 Å². The van der Waals surface area contributed by atoms with Crippen molar-refractivity contribution in [3.63, 3.8) is 0 Å². The second-order valence-electron chi connectivity index (χ2n) is 5.47. The van der Waals surface area contributed by atoms with Crippen LogP contribution in [0.2, 0.25) is 0 Å². The Morgan fingerprint density at radius 2 is 2.04 bits per heavy atom. The van der Waals surface area contributed by atoms with E-state index in [1.54, 1.807) is 12.3 Å². The number of nitrogens with zero attached hydrogens (tertiary/aromatic N) is 1. The van der Waals surface area contributed by atoms with Crippen LogP contribution in [-0.2, 0) is 14.8 Å². The van der Waals surface area contributed by atoms with Crippen LogP contribution in [0.25, 0.3) is 0 Å². The number of piperidine rings is 1. The van der Waals surface area contributed by atoms with Gasteiger partial charge in [0, 0.05) is 13.1 Å². The summed E-state index contributed by atoms with van der Waals surface area (Å²) in [6.07, 6.45) is 1.66. The number of carbonyl (C=O) groups excluding carboxylic acids is 1. The van der Waals surface area contributed by atoms with E-state index in [1.165, 1.54) is 11.4 Å². The Balaban J connectivity index is 0.00000264. The van der Waals surface area contributed by atoms with Crippen molar-refractivity contribution in [3.05, 3.63) is 15.8 Å². The Hall–Kier alpha value is -0.670. The highest BCUT2D eigenvalue weighted by Gasteiger charge is 2.34. The summed E-state index contributed by atoms with van der Waals surface area (Å²) >= 11 is 1.12. The van der Waals surface area contributed by atoms with Gasteiger partial charge in [-0.05, 0) is 50.2 Å². The number of nitrogens with one attached hydrogen (secondary N) is 1. The highest BCUT2D eigenvalue weighted by molar-refractivity contribution is 7.89. The van der Waals surface area contributed by atoms with Crippen LogP contribution in [0, 0.1) is 12.8 Å². The van der Waals surface area contributed by atoms with Crippen LogP contribution in [-0.4, -0.2) is 52.5 Å². The van der Waals surface area contributed by atoms with Crippen molar-refractivity contribution in [2.24, 2.45) is 5.92 Å². The quantitative estimate of drug-likeness (QED) is 0.787. The maximum absolute atomic E-state index is 12.9. The summed E-state index contributed by atoms with van der Waals surface area (Å²) in [5.74, 6) is -0.0955. The van der Waals surface area contributed by atoms with Crippen molar-refractivity contribution in [3.8, 4) is 0 Å². The number of sulfonamides is 1. The predicted molar refractivity (Wildman–Crippen MR) is 93.1 cm³/mol. The number of thiophene rings is 1. The molecule has 132 valence electrons. The molecule has 0 unspecified atom stereocenters. The number of hydrogen-bond donors (Lipinski definition) is 1. The van der Waals surface area contributed by atoms with Gasteiger partial charge < -0.3 is 10.1 Å². The number of halogens is 1. The Bertz CT molecular complexity index is 637. The van der Waals surface area contributed by atoms with E-state index >= 15 is 0 Å². The highest BCUT2D eigenvalue weighted by Crippen LogP contribution is 2.32. The van der Waals surface area contributed by atoms with Gasteiger partial charge >= 0.3 is 5.97 Å². The molecule has 0 spiro atoms. The maximum atomic E-state index is 12.9. The number of carbonyl (C=O) groups is 1. The van der Waals surface area contributed by atoms with E-state index < -0.39 is 16.0 Å². The normalized spacial score (nSPS) is 16.8. The fourth-order valence-corrected chi connectivity index (χ4v) is 5.89. The van der Waals surface area contributed by atoms with Gasteiger partial charge in [-0.1, -0.05) is 0 Å². The maximum Gasteiger partial charge on any atom is 0.349 e. The second kappa shape index (κ2) is 8.43. The van der Waals surface area contributed by atoms with Crippen LogP contribution in [0.5, 0.6) is 0 Å². The van der Waals surface area contributed by atoms with E-state index in [0.717, 1.165) is 30.7 Å². The molecule has 0 amide bonds. The second-order valence-corrected chi connectivity index (χ2v) is 8.23. The first-order chi connectivity index (χ1) is 10.4. The van der Waals surface area contributed by atoms with Gasteiger partial charge in [0.2, 0.25) is 10.0 Å². The number of aryl methyl sites for hydroxylation is 1. The molecule has 2 rings (SSSR count). The molecule has 1 aliphatic heterocycles. The van der Waals surface area contributed by atoms with Crippen LogP contribution in [0.4, 0.5) is 0 Å². The molecule has 0 saturated carbocycles. The molecule has 0 aromatic carbocycles. The van der Waals surface area contributed by atoms with Gasteiger partial charge in [-0.2, -0.15) is 4.31 Å². The Morgan fingerprint density at radius 3 is 2.57 bits per heavy atom. The summed E-state index contributed by atoms with van der Waals surface area (Å²) in [7, 11) is -0.487. The molecule has 0 atom stereocenters. The summed E-state index contributed by atoms with van der Waals surface area (Å²) < 4.78 is 32.0. The van der Waals surface area contributed by atoms with Gasteiger partial charge in [0.25, 0.3) is 0 Å². The van der Waals surface area contributed by atoms with Crippen LogP contribution < -0.4 is 5.32 Å². The number of ether oxygens (including phenoxy) is 1. The summed E-state index contributed by atoms with van der Waals surface area (Å²) in [5.41, 5.74) is 0.600. The number of hydrogen-bond acceptors (Lipinski definition) is 6. The molecular formula is C14H23ClN2O4S2. The van der Waals surface area contributed by atoms with Gasteiger partial charge in [-0.15, -0.1) is 23.7 Å². The smallest absolute Gasteiger partial charge is 0.349 e. The SMILES string of the molecule is CNCC1CCN(S(=O)(=O)c2c(C)csc2C(=O)OC)CC1.Cl. The Kier molecular flexibility index (Phi) is 7.47. The average molecular weight is 383 g/mol. The standard InChI is InChI=1S/C14H22N2O4S2.ClH/c1-10-9-21-12(14(17)20-3)13(10)22(18,19)16-6-4-11(5-7-16)8-15-2;/h9,11,15H,4-8H2,1-3H3;1H. The van der Waals surface area contributed by atoms with Crippen molar-refractivity contribution in [2.45, 2.75) is 24.7 Å². The minimum Gasteiger partial charge on any atom is -0.465 e. The summed E-state index contributed by atoms with van der Waals surface area (Å²) in [5, 5.41) is 4.82. The van der Waals surface area contributed by atoms with Crippen molar-refractivity contribution >= 4 is 39.7 Å². The van der Waals surface area contributed by atoms with Crippen molar-refractivity contribution in [1.82, 2.24) is 9.62 Å². The molecule has 1 saturated heterocycles. The predicted octanol–water partition coefficient (Wildman–Crippen LogP) is 1.89. The molecular weight excluding hydrogens is 360 g/mol. The summed E-state index contributed by atoms with van der Waals surface area (Å²) in [6.45, 7) is 3.59. The molecule has 0 radical (unpaired) electrons. The number of methoxy groups -OCH3 is 1. The molecule has 0 bridgehead atoms. The first-order valence-corrected chi connectivity index (χ1v) is 9.55. The molecule has 9 heteroatoms. The van der Waals surface area contributed by atoms with Crippen LogP contribution in [0.15, 0.2) is 10.3 Å². The van der Waals surface area contributed by atoms with Crippen LogP contribution in [0.3, 0.4) is 0 Å². The first kappa shape index (κ1) is 20.4. The lowest BCUT2D eigenvalue weighted by Gasteiger charge is -2.31. The summed E-state index contributed by atoms with van der Waals surface area (Å²) in [4.78, 5) is 12.1. The molecule has 0 aliphatic carbocycles. The third-order valence-electron chi connectivity index (χ3n) is 3.95. The lowest BCUT2D eigenvalue weighted by molar-refractivity contribution is 0.0602. The molecule has 2 heterocycles. The first-order valence-electron chi connectivity index (χ1n) is 7.23. The van der Waals surface area contributed by atoms with Gasteiger partial charge in [0.15, 0.2) is 0 Å². The van der Waals surface area contributed by atoms with E-state index in [1.807, 2.05) is 7.05 Å². The fourth-order valence-electron chi connectivity index (χ4n) is 2.76. The topological polar surface area (TPSA) is 75.7 Å².